The van der Waals surface area contributed by atoms with Gasteiger partial charge in [-0.2, -0.15) is 0 Å². The molecule has 0 unspecified atom stereocenters. The van der Waals surface area contributed by atoms with Gasteiger partial charge >= 0.3 is 0 Å². The number of hydrogen-bond acceptors (Lipinski definition) is 2. The number of allylic oxidation sites excluding steroid dienone is 1. The van der Waals surface area contributed by atoms with Crippen molar-refractivity contribution in [3.8, 4) is 11.5 Å². The van der Waals surface area contributed by atoms with Crippen LogP contribution in [0.1, 0.15) is 54.0 Å². The van der Waals surface area contributed by atoms with Gasteiger partial charge in [0.2, 0.25) is 0 Å². The van der Waals surface area contributed by atoms with Gasteiger partial charge in [0, 0.05) is 0 Å². The Bertz CT molecular complexity index is 762. The summed E-state index contributed by atoms with van der Waals surface area (Å²) in [7, 11) is 0.500. The summed E-state index contributed by atoms with van der Waals surface area (Å²) < 4.78 is 12.5. The van der Waals surface area contributed by atoms with Crippen LogP contribution in [-0.4, -0.2) is 20.7 Å². The van der Waals surface area contributed by atoms with Crippen LogP contribution in [0.5, 0.6) is 11.5 Å². The lowest BCUT2D eigenvalue weighted by atomic mass is 10.1. The molecule has 2 rings (SSSR count). The van der Waals surface area contributed by atoms with Crippen LogP contribution >= 0.6 is 0 Å². The first-order chi connectivity index (χ1) is 11.9. The second-order valence-corrected chi connectivity index (χ2v) is 9.91. The zero-order valence-corrected chi connectivity index (χ0v) is 18.1. The van der Waals surface area contributed by atoms with Crippen molar-refractivity contribution in [2.24, 2.45) is 0 Å². The van der Waals surface area contributed by atoms with Crippen molar-refractivity contribution in [3.63, 3.8) is 0 Å². The lowest BCUT2D eigenvalue weighted by Crippen LogP contribution is -2.34. The second kappa shape index (κ2) is 7.71. The molecule has 0 bridgehead atoms. The molecule has 0 saturated heterocycles. The minimum Gasteiger partial charge on any atom is -0.484 e. The van der Waals surface area contributed by atoms with E-state index in [1.165, 1.54) is 10.8 Å². The van der Waals surface area contributed by atoms with Gasteiger partial charge in [-0.1, -0.05) is 53.7 Å². The highest BCUT2D eigenvalue weighted by Crippen LogP contribution is 2.31. The molecule has 0 heterocycles. The number of hydrogen-bond donors (Lipinski definition) is 0. The summed E-state index contributed by atoms with van der Waals surface area (Å²) in [6, 6.07) is 14.8. The van der Waals surface area contributed by atoms with Gasteiger partial charge in [-0.05, 0) is 65.3 Å². The van der Waals surface area contributed by atoms with Gasteiger partial charge in [-0.3, -0.25) is 0 Å². The largest absolute Gasteiger partial charge is 0.484 e. The van der Waals surface area contributed by atoms with Gasteiger partial charge in [-0.15, -0.1) is 0 Å². The molecule has 2 aromatic carbocycles. The maximum absolute atomic E-state index is 6.31. The first-order valence-electron chi connectivity index (χ1n) is 8.99. The Labute approximate surface area is 161 Å². The molecule has 0 saturated carbocycles. The van der Waals surface area contributed by atoms with Crippen molar-refractivity contribution in [2.75, 3.05) is 0 Å². The lowest BCUT2D eigenvalue weighted by Gasteiger charge is -2.28. The molecule has 2 nitrogen and oxygen atoms in total. The van der Waals surface area contributed by atoms with Crippen molar-refractivity contribution in [3.05, 3.63) is 54.6 Å². The number of para-hydroxylation sites is 1. The van der Waals surface area contributed by atoms with Crippen LogP contribution in [-0.2, 0) is 0 Å². The van der Waals surface area contributed by atoms with E-state index >= 15 is 0 Å². The molecule has 0 N–H and O–H groups in total. The Morgan fingerprint density at radius 3 is 1.92 bits per heavy atom. The third kappa shape index (κ3) is 6.06. The average molecular weight is 367 g/mol. The minimum absolute atomic E-state index is 0.277. The van der Waals surface area contributed by atoms with E-state index < -0.39 is 0 Å². The van der Waals surface area contributed by atoms with Crippen LogP contribution in [0.3, 0.4) is 0 Å². The van der Waals surface area contributed by atoms with E-state index in [1.807, 2.05) is 19.1 Å². The third-order valence-corrected chi connectivity index (χ3v) is 4.75. The summed E-state index contributed by atoms with van der Waals surface area (Å²) in [5.41, 5.74) is 1.69. The fraction of sp³-hybridized carbons (Fsp3) is 0.391. The molecule has 0 aromatic heterocycles. The van der Waals surface area contributed by atoms with Crippen molar-refractivity contribution in [1.82, 2.24) is 0 Å². The highest BCUT2D eigenvalue weighted by molar-refractivity contribution is 6.68. The van der Waals surface area contributed by atoms with Crippen molar-refractivity contribution in [2.45, 2.75) is 59.7 Å². The Morgan fingerprint density at radius 1 is 0.846 bits per heavy atom. The standard InChI is InChI=1S/C23H30O2Si/c1-16(2)17-12-14-18(15-13-17)26-20-11-9-10-19(24-22(3,4)5)21(20)25-23(6,7)8/h9-15H,1H2,2-8H3. The Balaban J connectivity index is 2.39. The van der Waals surface area contributed by atoms with Crippen molar-refractivity contribution >= 4 is 25.5 Å². The predicted octanol–water partition coefficient (Wildman–Crippen LogP) is 4.73. The lowest BCUT2D eigenvalue weighted by molar-refractivity contribution is 0.0969. The Kier molecular flexibility index (Phi) is 6.02. The predicted molar refractivity (Wildman–Crippen MR) is 113 cm³/mol. The number of ether oxygens (including phenoxy) is 2. The zero-order valence-electron chi connectivity index (χ0n) is 17.1. The van der Waals surface area contributed by atoms with E-state index in [-0.39, 0.29) is 11.2 Å². The molecule has 0 atom stereocenters. The summed E-state index contributed by atoms with van der Waals surface area (Å²) in [6.45, 7) is 18.4. The molecule has 0 aliphatic rings. The van der Waals surface area contributed by atoms with Crippen molar-refractivity contribution < 1.29 is 9.47 Å². The Hall–Kier alpha value is -2.00. The summed E-state index contributed by atoms with van der Waals surface area (Å²) >= 11 is 0. The van der Waals surface area contributed by atoms with Gasteiger partial charge in [0.25, 0.3) is 0 Å². The van der Waals surface area contributed by atoms with Crippen LogP contribution in [0.25, 0.3) is 5.57 Å². The molecule has 0 aliphatic heterocycles. The van der Waals surface area contributed by atoms with Crippen LogP contribution in [0.15, 0.2) is 49.0 Å². The van der Waals surface area contributed by atoms with E-state index in [0.717, 1.165) is 22.3 Å². The van der Waals surface area contributed by atoms with Crippen LogP contribution < -0.4 is 19.8 Å². The fourth-order valence-corrected chi connectivity index (χ4v) is 3.54. The zero-order chi connectivity index (χ0) is 19.5. The summed E-state index contributed by atoms with van der Waals surface area (Å²) in [4.78, 5) is 0. The summed E-state index contributed by atoms with van der Waals surface area (Å²) in [5.74, 6) is 1.65. The van der Waals surface area contributed by atoms with Gasteiger partial charge in [0.1, 0.15) is 20.7 Å². The molecule has 0 amide bonds. The van der Waals surface area contributed by atoms with Gasteiger partial charge in [0.05, 0.1) is 0 Å². The van der Waals surface area contributed by atoms with Gasteiger partial charge < -0.3 is 9.47 Å². The molecule has 2 aromatic rings. The molecule has 3 heteroatoms. The van der Waals surface area contributed by atoms with Crippen LogP contribution in [0, 0.1) is 0 Å². The number of benzene rings is 2. The maximum Gasteiger partial charge on any atom is 0.161 e. The highest BCUT2D eigenvalue weighted by Gasteiger charge is 2.22. The topological polar surface area (TPSA) is 18.5 Å². The summed E-state index contributed by atoms with van der Waals surface area (Å²) in [5, 5.41) is 2.42. The first kappa shape index (κ1) is 20.3. The molecule has 26 heavy (non-hydrogen) atoms. The minimum atomic E-state index is -0.291. The number of rotatable bonds is 5. The molecule has 0 aliphatic carbocycles. The average Bonchev–Trinajstić information content (AvgIpc) is 2.48. The molecular formula is C23H30O2Si. The maximum atomic E-state index is 6.31. The fourth-order valence-electron chi connectivity index (χ4n) is 2.43. The van der Waals surface area contributed by atoms with E-state index in [4.69, 9.17) is 9.47 Å². The second-order valence-electron chi connectivity index (χ2n) is 8.54. The first-order valence-corrected chi connectivity index (χ1v) is 9.99. The molecular weight excluding hydrogens is 336 g/mol. The molecule has 2 radical (unpaired) electrons. The summed E-state index contributed by atoms with van der Waals surface area (Å²) in [6.07, 6.45) is 0. The van der Waals surface area contributed by atoms with Gasteiger partial charge in [0.15, 0.2) is 11.5 Å². The Morgan fingerprint density at radius 2 is 1.42 bits per heavy atom. The van der Waals surface area contributed by atoms with E-state index in [1.54, 1.807) is 0 Å². The van der Waals surface area contributed by atoms with Crippen LogP contribution in [0.4, 0.5) is 0 Å². The quantitative estimate of drug-likeness (QED) is 0.712. The highest BCUT2D eigenvalue weighted by atomic mass is 28.2. The van der Waals surface area contributed by atoms with Crippen LogP contribution in [0.2, 0.25) is 0 Å². The monoisotopic (exact) mass is 366 g/mol. The van der Waals surface area contributed by atoms with E-state index in [9.17, 15) is 0 Å². The molecule has 0 spiro atoms. The molecule has 0 fully saturated rings. The smallest absolute Gasteiger partial charge is 0.161 e. The van der Waals surface area contributed by atoms with E-state index in [2.05, 4.69) is 78.5 Å². The van der Waals surface area contributed by atoms with Gasteiger partial charge in [-0.25, -0.2) is 0 Å². The van der Waals surface area contributed by atoms with E-state index in [0.29, 0.717) is 9.52 Å². The third-order valence-electron chi connectivity index (χ3n) is 3.46. The molecule has 138 valence electrons. The normalized spacial score (nSPS) is 12.0. The van der Waals surface area contributed by atoms with Crippen molar-refractivity contribution in [1.29, 1.82) is 0 Å². The SMILES string of the molecule is C=C(C)c1ccc([Si]c2cccc(OC(C)(C)C)c2OC(C)(C)C)cc1.